The lowest BCUT2D eigenvalue weighted by Crippen LogP contribution is -2.42. The smallest absolute Gasteiger partial charge is 0.290 e. The fourth-order valence-electron chi connectivity index (χ4n) is 2.97. The lowest BCUT2D eigenvalue weighted by molar-refractivity contribution is -0.661. The molecule has 0 saturated heterocycles. The van der Waals surface area contributed by atoms with Gasteiger partial charge in [-0.2, -0.15) is 0 Å². The number of Topliss-reactive ketones (excluding diaryl/α,β-unsaturated/α-hetero) is 1. The fraction of sp³-hybridized carbons (Fsp3) is 0.250. The van der Waals surface area contributed by atoms with E-state index in [0.29, 0.717) is 6.54 Å². The first-order valence-electron chi connectivity index (χ1n) is 7.16. The second-order valence-corrected chi connectivity index (χ2v) is 6.18. The van der Waals surface area contributed by atoms with E-state index in [-0.39, 0.29) is 5.78 Å². The molecule has 0 radical (unpaired) electrons. The third kappa shape index (κ3) is 2.05. The molecule has 0 aliphatic carbocycles. The average molecular weight is 298 g/mol. The summed E-state index contributed by atoms with van der Waals surface area (Å²) >= 11 is 1.51. The number of hydrogen-bond donors (Lipinski definition) is 1. The van der Waals surface area contributed by atoms with Gasteiger partial charge in [0.2, 0.25) is 5.78 Å². The molecule has 0 fully saturated rings. The number of hydrogen-bond acceptors (Lipinski definition) is 3. The number of nitrogens with zero attached hydrogens (tertiary/aromatic N) is 2. The van der Waals surface area contributed by atoms with Gasteiger partial charge in [0, 0.05) is 6.42 Å². The van der Waals surface area contributed by atoms with Gasteiger partial charge in [-0.25, -0.2) is 9.13 Å². The molecule has 21 heavy (non-hydrogen) atoms. The summed E-state index contributed by atoms with van der Waals surface area (Å²) in [4.78, 5) is 13.3. The van der Waals surface area contributed by atoms with Crippen LogP contribution in [0.1, 0.15) is 16.1 Å². The molecule has 4 nitrogen and oxygen atoms in total. The molecule has 1 aliphatic rings. The third-order valence-electron chi connectivity index (χ3n) is 3.91. The third-order valence-corrected chi connectivity index (χ3v) is 4.82. The van der Waals surface area contributed by atoms with Crippen LogP contribution in [-0.4, -0.2) is 16.9 Å². The molecule has 3 aromatic rings. The van der Waals surface area contributed by atoms with Gasteiger partial charge >= 0.3 is 5.95 Å². The number of imidazole rings is 1. The number of anilines is 1. The van der Waals surface area contributed by atoms with E-state index in [9.17, 15) is 4.79 Å². The molecule has 0 atom stereocenters. The maximum atomic E-state index is 12.5. The number of benzene rings is 1. The molecule has 0 saturated carbocycles. The number of thiophene rings is 1. The second-order valence-electron chi connectivity index (χ2n) is 5.23. The van der Waals surface area contributed by atoms with Gasteiger partial charge in [-0.3, -0.25) is 10.1 Å². The Hall–Kier alpha value is -2.14. The molecular weight excluding hydrogens is 282 g/mol. The molecule has 0 unspecified atom stereocenters. The van der Waals surface area contributed by atoms with E-state index in [4.69, 9.17) is 0 Å². The van der Waals surface area contributed by atoms with Crippen molar-refractivity contribution >= 4 is 34.1 Å². The predicted octanol–water partition coefficient (Wildman–Crippen LogP) is 2.69. The Morgan fingerprint density at radius 3 is 3.05 bits per heavy atom. The summed E-state index contributed by atoms with van der Waals surface area (Å²) in [6, 6.07) is 12.1. The van der Waals surface area contributed by atoms with Crippen molar-refractivity contribution < 1.29 is 9.36 Å². The van der Waals surface area contributed by atoms with E-state index in [2.05, 4.69) is 32.7 Å². The van der Waals surface area contributed by atoms with Crippen LogP contribution in [-0.2, 0) is 13.1 Å². The van der Waals surface area contributed by atoms with Crippen molar-refractivity contribution in [3.8, 4) is 0 Å². The summed E-state index contributed by atoms with van der Waals surface area (Å²) in [6.45, 7) is 2.35. The Bertz CT molecular complexity index is 804. The van der Waals surface area contributed by atoms with Crippen LogP contribution >= 0.6 is 11.3 Å². The first-order valence-corrected chi connectivity index (χ1v) is 8.04. The van der Waals surface area contributed by atoms with Gasteiger partial charge in [0.05, 0.1) is 18.0 Å². The first-order chi connectivity index (χ1) is 10.3. The van der Waals surface area contributed by atoms with Crippen molar-refractivity contribution in [1.82, 2.24) is 4.57 Å². The highest BCUT2D eigenvalue weighted by Gasteiger charge is 2.27. The normalized spacial score (nSPS) is 13.9. The fourth-order valence-corrected chi connectivity index (χ4v) is 3.62. The number of aryl methyl sites for hydroxylation is 1. The van der Waals surface area contributed by atoms with Gasteiger partial charge < -0.3 is 0 Å². The highest BCUT2D eigenvalue weighted by atomic mass is 32.1. The number of carbonyl (C=O) groups is 1. The van der Waals surface area contributed by atoms with Crippen LogP contribution in [0.15, 0.2) is 41.8 Å². The largest absolute Gasteiger partial charge is 0.358 e. The Morgan fingerprint density at radius 2 is 2.19 bits per heavy atom. The molecule has 1 N–H and O–H groups in total. The lowest BCUT2D eigenvalue weighted by atomic mass is 10.3. The number of carbonyl (C=O) groups excluding carboxylic acids is 1. The van der Waals surface area contributed by atoms with Crippen LogP contribution in [0.2, 0.25) is 0 Å². The van der Waals surface area contributed by atoms with Crippen molar-refractivity contribution in [3.63, 3.8) is 0 Å². The molecule has 106 valence electrons. The lowest BCUT2D eigenvalue weighted by Gasteiger charge is -2.11. The molecule has 1 aromatic carbocycles. The standard InChI is InChI=1S/C16H15N3OS/c20-14(15-7-3-10-21-15)11-19-13-6-2-1-5-12(13)18-9-4-8-17-16(18)19/h1-3,5-7,10H,4,8-9,11H2/p+1. The Labute approximate surface area is 126 Å². The van der Waals surface area contributed by atoms with Crippen molar-refractivity contribution in [3.05, 3.63) is 46.7 Å². The van der Waals surface area contributed by atoms with Crippen LogP contribution < -0.4 is 9.88 Å². The maximum absolute atomic E-state index is 12.5. The molecule has 3 heterocycles. The highest BCUT2D eigenvalue weighted by Crippen LogP contribution is 2.21. The minimum Gasteiger partial charge on any atom is -0.290 e. The van der Waals surface area contributed by atoms with Crippen molar-refractivity contribution in [2.24, 2.45) is 0 Å². The molecular formula is C16H16N3OS+. The molecule has 0 spiro atoms. The molecule has 1 aliphatic heterocycles. The number of para-hydroxylation sites is 2. The summed E-state index contributed by atoms with van der Waals surface area (Å²) in [5.41, 5.74) is 2.31. The Kier molecular flexibility index (Phi) is 3.00. The van der Waals surface area contributed by atoms with Crippen LogP contribution in [0.3, 0.4) is 0 Å². The van der Waals surface area contributed by atoms with Gasteiger partial charge in [0.15, 0.2) is 0 Å². The summed E-state index contributed by atoms with van der Waals surface area (Å²) in [7, 11) is 0. The summed E-state index contributed by atoms with van der Waals surface area (Å²) < 4.78 is 4.39. The Morgan fingerprint density at radius 1 is 1.29 bits per heavy atom. The SMILES string of the molecule is O=C(Cn1c2[n+](c3ccccc31)CCCN2)c1cccs1. The number of aromatic nitrogens is 2. The minimum atomic E-state index is 0.168. The van der Waals surface area contributed by atoms with Crippen LogP contribution in [0.5, 0.6) is 0 Å². The topological polar surface area (TPSA) is 37.9 Å². The summed E-state index contributed by atoms with van der Waals surface area (Å²) in [5, 5.41) is 5.40. The van der Waals surface area contributed by atoms with Crippen LogP contribution in [0.4, 0.5) is 5.95 Å². The quantitative estimate of drug-likeness (QED) is 0.596. The average Bonchev–Trinajstić information content (AvgIpc) is 3.15. The van der Waals surface area contributed by atoms with Crippen molar-refractivity contribution in [2.75, 3.05) is 11.9 Å². The predicted molar refractivity (Wildman–Crippen MR) is 83.9 cm³/mol. The zero-order chi connectivity index (χ0) is 14.2. The summed E-state index contributed by atoms with van der Waals surface area (Å²) in [5.74, 6) is 1.22. The Balaban J connectivity index is 1.82. The van der Waals surface area contributed by atoms with Gasteiger partial charge in [0.25, 0.3) is 0 Å². The summed E-state index contributed by atoms with van der Waals surface area (Å²) in [6.07, 6.45) is 1.12. The van der Waals surface area contributed by atoms with E-state index in [1.807, 2.05) is 23.6 Å². The van der Waals surface area contributed by atoms with Crippen molar-refractivity contribution in [1.29, 1.82) is 0 Å². The number of ketones is 1. The van der Waals surface area contributed by atoms with Gasteiger partial charge in [-0.15, -0.1) is 11.3 Å². The van der Waals surface area contributed by atoms with E-state index in [0.717, 1.165) is 35.9 Å². The van der Waals surface area contributed by atoms with Crippen molar-refractivity contribution in [2.45, 2.75) is 19.5 Å². The number of fused-ring (bicyclic) bond motifs is 3. The molecule has 5 heteroatoms. The number of nitrogens with one attached hydrogen (secondary N) is 1. The molecule has 0 amide bonds. The minimum absolute atomic E-state index is 0.168. The number of rotatable bonds is 3. The molecule has 0 bridgehead atoms. The maximum Gasteiger partial charge on any atom is 0.358 e. The van der Waals surface area contributed by atoms with Gasteiger partial charge in [-0.1, -0.05) is 18.2 Å². The van der Waals surface area contributed by atoms with E-state index in [1.165, 1.54) is 16.9 Å². The van der Waals surface area contributed by atoms with E-state index in [1.54, 1.807) is 0 Å². The molecule has 2 aromatic heterocycles. The van der Waals surface area contributed by atoms with Gasteiger partial charge in [0.1, 0.15) is 17.6 Å². The molecule has 4 rings (SSSR count). The zero-order valence-corrected chi connectivity index (χ0v) is 12.4. The second kappa shape index (κ2) is 5.00. The van der Waals surface area contributed by atoms with E-state index >= 15 is 0 Å². The monoisotopic (exact) mass is 298 g/mol. The van der Waals surface area contributed by atoms with Gasteiger partial charge in [-0.05, 0) is 23.6 Å². The first kappa shape index (κ1) is 12.6. The highest BCUT2D eigenvalue weighted by molar-refractivity contribution is 7.12. The zero-order valence-electron chi connectivity index (χ0n) is 11.6. The van der Waals surface area contributed by atoms with Crippen LogP contribution in [0, 0.1) is 0 Å². The van der Waals surface area contributed by atoms with Crippen LogP contribution in [0.25, 0.3) is 11.0 Å². The van der Waals surface area contributed by atoms with E-state index < -0.39 is 0 Å².